The van der Waals surface area contributed by atoms with Crippen LogP contribution in [-0.4, -0.2) is 60.5 Å². The molecule has 166 valence electrons. The molecular formula is C22H29Cl2NO5. The molecule has 0 radical (unpaired) electrons. The molecule has 6 nitrogen and oxygen atoms in total. The van der Waals surface area contributed by atoms with Gasteiger partial charge in [0.1, 0.15) is 5.75 Å². The first-order valence-electron chi connectivity index (χ1n) is 9.50. The predicted molar refractivity (Wildman–Crippen MR) is 119 cm³/mol. The van der Waals surface area contributed by atoms with Crippen molar-refractivity contribution in [1.82, 2.24) is 4.90 Å². The summed E-state index contributed by atoms with van der Waals surface area (Å²) in [4.78, 5) is 13.2. The third kappa shape index (κ3) is 8.50. The zero-order valence-corrected chi connectivity index (χ0v) is 18.7. The Labute approximate surface area is 188 Å². The van der Waals surface area contributed by atoms with Gasteiger partial charge in [0.05, 0.1) is 19.8 Å². The van der Waals surface area contributed by atoms with Gasteiger partial charge in [0.15, 0.2) is 6.61 Å². The zero-order valence-electron chi connectivity index (χ0n) is 17.2. The van der Waals surface area contributed by atoms with Crippen LogP contribution < -0.4 is 4.74 Å². The lowest BCUT2D eigenvalue weighted by Gasteiger charge is -2.30. The molecule has 30 heavy (non-hydrogen) atoms. The molecule has 0 heterocycles. The number of ether oxygens (including phenoxy) is 2. The molecule has 0 saturated carbocycles. The van der Waals surface area contributed by atoms with Gasteiger partial charge < -0.3 is 19.7 Å². The molecule has 2 rings (SSSR count). The molecule has 0 amide bonds. The first-order chi connectivity index (χ1) is 13.9. The van der Waals surface area contributed by atoms with Crippen LogP contribution >= 0.6 is 24.0 Å². The average Bonchev–Trinajstić information content (AvgIpc) is 2.72. The number of aliphatic hydroxyl groups is 2. The van der Waals surface area contributed by atoms with Gasteiger partial charge in [-0.25, -0.2) is 4.79 Å². The molecule has 2 aromatic carbocycles. The number of hydrogen-bond acceptors (Lipinski definition) is 6. The Kier molecular flexibility index (Phi) is 11.8. The highest BCUT2D eigenvalue weighted by Gasteiger charge is 2.19. The molecule has 0 aliphatic carbocycles. The summed E-state index contributed by atoms with van der Waals surface area (Å²) in [5, 5.41) is 20.6. The topological polar surface area (TPSA) is 79.2 Å². The van der Waals surface area contributed by atoms with Gasteiger partial charge in [-0.05, 0) is 48.7 Å². The van der Waals surface area contributed by atoms with Gasteiger partial charge in [0, 0.05) is 24.2 Å². The van der Waals surface area contributed by atoms with E-state index >= 15 is 0 Å². The van der Waals surface area contributed by atoms with Gasteiger partial charge >= 0.3 is 5.97 Å². The second-order valence-electron chi connectivity index (χ2n) is 6.85. The molecule has 0 aliphatic rings. The summed E-state index contributed by atoms with van der Waals surface area (Å²) < 4.78 is 9.90. The Morgan fingerprint density at radius 2 is 1.90 bits per heavy atom. The molecule has 0 aromatic heterocycles. The smallest absolute Gasteiger partial charge is 0.343 e. The summed E-state index contributed by atoms with van der Waals surface area (Å²) >= 11 is 6.02. The van der Waals surface area contributed by atoms with Crippen LogP contribution in [0.25, 0.3) is 0 Å². The third-order valence-corrected chi connectivity index (χ3v) is 4.93. The normalized spacial score (nSPS) is 12.7. The monoisotopic (exact) mass is 457 g/mol. The first-order valence-corrected chi connectivity index (χ1v) is 9.87. The van der Waals surface area contributed by atoms with Crippen LogP contribution in [0.3, 0.4) is 0 Å². The number of benzene rings is 2. The summed E-state index contributed by atoms with van der Waals surface area (Å²) in [5.41, 5.74) is 1.84. The van der Waals surface area contributed by atoms with E-state index in [1.165, 1.54) is 7.11 Å². The van der Waals surface area contributed by atoms with Crippen molar-refractivity contribution in [2.24, 2.45) is 0 Å². The number of halogens is 2. The molecule has 0 aliphatic heterocycles. The summed E-state index contributed by atoms with van der Waals surface area (Å²) in [6.07, 6.45) is 0.0383. The molecule has 2 N–H and O–H groups in total. The average molecular weight is 458 g/mol. The first kappa shape index (κ1) is 26.2. The number of hydrogen-bond donors (Lipinski definition) is 2. The molecule has 2 aromatic rings. The third-order valence-electron chi connectivity index (χ3n) is 4.69. The number of nitrogens with zero attached hydrogens (tertiary/aromatic N) is 1. The van der Waals surface area contributed by atoms with E-state index in [1.807, 2.05) is 41.3 Å². The van der Waals surface area contributed by atoms with Gasteiger partial charge in [0.2, 0.25) is 0 Å². The number of rotatable bonds is 11. The SMILES string of the molecule is COC(=O)COc1ccc(CC(C)N(CCO)C[C@@H](O)c2cccc(Cl)c2)cc1.Cl. The fourth-order valence-corrected chi connectivity index (χ4v) is 3.25. The van der Waals surface area contributed by atoms with Crippen molar-refractivity contribution >= 4 is 30.0 Å². The maximum absolute atomic E-state index is 11.1. The largest absolute Gasteiger partial charge is 0.482 e. The maximum atomic E-state index is 11.1. The minimum atomic E-state index is -0.697. The number of carbonyl (C=O) groups is 1. The van der Waals surface area contributed by atoms with Crippen molar-refractivity contribution in [1.29, 1.82) is 0 Å². The van der Waals surface area contributed by atoms with Gasteiger partial charge in [-0.3, -0.25) is 4.90 Å². The van der Waals surface area contributed by atoms with Crippen LogP contribution in [0.5, 0.6) is 5.75 Å². The fraction of sp³-hybridized carbons (Fsp3) is 0.409. The fourth-order valence-electron chi connectivity index (χ4n) is 3.05. The van der Waals surface area contributed by atoms with E-state index in [4.69, 9.17) is 16.3 Å². The number of carbonyl (C=O) groups excluding carboxylic acids is 1. The van der Waals surface area contributed by atoms with Gasteiger partial charge in [-0.2, -0.15) is 0 Å². The summed E-state index contributed by atoms with van der Waals surface area (Å²) in [7, 11) is 1.32. The van der Waals surface area contributed by atoms with Gasteiger partial charge in [-0.15, -0.1) is 12.4 Å². The Hall–Kier alpha value is -1.83. The van der Waals surface area contributed by atoms with Crippen molar-refractivity contribution in [3.63, 3.8) is 0 Å². The van der Waals surface area contributed by atoms with Crippen LogP contribution in [0, 0.1) is 0 Å². The van der Waals surface area contributed by atoms with Gasteiger partial charge in [-0.1, -0.05) is 35.9 Å². The van der Waals surface area contributed by atoms with Crippen LogP contribution in [-0.2, 0) is 16.0 Å². The minimum Gasteiger partial charge on any atom is -0.482 e. The van der Waals surface area contributed by atoms with Crippen molar-refractivity contribution in [2.75, 3.05) is 33.4 Å². The Bertz CT molecular complexity index is 772. The molecule has 0 bridgehead atoms. The number of methoxy groups -OCH3 is 1. The molecule has 0 saturated heterocycles. The second-order valence-corrected chi connectivity index (χ2v) is 7.29. The highest BCUT2D eigenvalue weighted by Crippen LogP contribution is 2.21. The maximum Gasteiger partial charge on any atom is 0.343 e. The van der Waals surface area contributed by atoms with Gasteiger partial charge in [0.25, 0.3) is 0 Å². The van der Waals surface area contributed by atoms with Crippen molar-refractivity contribution < 1.29 is 24.5 Å². The lowest BCUT2D eigenvalue weighted by atomic mass is 10.0. The zero-order chi connectivity index (χ0) is 21.2. The Morgan fingerprint density at radius 3 is 2.50 bits per heavy atom. The highest BCUT2D eigenvalue weighted by atomic mass is 35.5. The predicted octanol–water partition coefficient (Wildman–Crippen LogP) is 3.27. The Morgan fingerprint density at radius 1 is 1.20 bits per heavy atom. The molecular weight excluding hydrogens is 429 g/mol. The number of esters is 1. The lowest BCUT2D eigenvalue weighted by Crippen LogP contribution is -2.39. The van der Waals surface area contributed by atoms with E-state index in [0.717, 1.165) is 17.5 Å². The van der Waals surface area contributed by atoms with Crippen LogP contribution in [0.4, 0.5) is 0 Å². The van der Waals surface area contributed by atoms with E-state index in [0.29, 0.717) is 23.9 Å². The molecule has 0 fully saturated rings. The van der Waals surface area contributed by atoms with E-state index in [2.05, 4.69) is 11.7 Å². The summed E-state index contributed by atoms with van der Waals surface area (Å²) in [5.74, 6) is 0.163. The minimum absolute atomic E-state index is 0. The van der Waals surface area contributed by atoms with Crippen LogP contribution in [0.15, 0.2) is 48.5 Å². The van der Waals surface area contributed by atoms with Crippen molar-refractivity contribution in [3.05, 3.63) is 64.7 Å². The molecule has 1 unspecified atom stereocenters. The second kappa shape index (κ2) is 13.5. The molecule has 0 spiro atoms. The van der Waals surface area contributed by atoms with Crippen LogP contribution in [0.1, 0.15) is 24.2 Å². The van der Waals surface area contributed by atoms with Crippen molar-refractivity contribution in [2.45, 2.75) is 25.5 Å². The quantitative estimate of drug-likeness (QED) is 0.504. The van der Waals surface area contributed by atoms with E-state index in [1.54, 1.807) is 12.1 Å². The summed E-state index contributed by atoms with van der Waals surface area (Å²) in [6, 6.07) is 14.8. The standard InChI is InChI=1S/C22H28ClNO5.ClH/c1-16(12-17-6-8-20(9-7-17)29-15-22(27)28-2)24(10-11-25)14-21(26)18-4-3-5-19(23)13-18;/h3-9,13,16,21,25-26H,10-12,14-15H2,1-2H3;1H/t16?,21-;/m1./s1. The highest BCUT2D eigenvalue weighted by molar-refractivity contribution is 6.30. The van der Waals surface area contributed by atoms with Crippen molar-refractivity contribution in [3.8, 4) is 5.75 Å². The molecule has 2 atom stereocenters. The van der Waals surface area contributed by atoms with Crippen LogP contribution in [0.2, 0.25) is 5.02 Å². The van der Waals surface area contributed by atoms with E-state index in [9.17, 15) is 15.0 Å². The van der Waals surface area contributed by atoms with E-state index in [-0.39, 0.29) is 31.7 Å². The van der Waals surface area contributed by atoms with E-state index < -0.39 is 12.1 Å². The number of aliphatic hydroxyl groups excluding tert-OH is 2. The lowest BCUT2D eigenvalue weighted by molar-refractivity contribution is -0.142. The summed E-state index contributed by atoms with van der Waals surface area (Å²) in [6.45, 7) is 2.79. The Balaban J connectivity index is 0.00000450. The molecule has 8 heteroatoms.